The Morgan fingerprint density at radius 2 is 2.50 bits per heavy atom. The predicted octanol–water partition coefficient (Wildman–Crippen LogP) is 2.42. The molecule has 0 unspecified atom stereocenters. The fourth-order valence-electron chi connectivity index (χ4n) is 0.692. The molecule has 0 nitrogen and oxygen atoms in total. The van der Waals surface area contributed by atoms with Crippen molar-refractivity contribution >= 4 is 11.3 Å². The zero-order valence-electron chi connectivity index (χ0n) is 5.19. The van der Waals surface area contributed by atoms with Crippen molar-refractivity contribution in [3.05, 3.63) is 21.9 Å². The normalized spacial score (nSPS) is 9.75. The Hall–Kier alpha value is -0.300. The summed E-state index contributed by atoms with van der Waals surface area (Å²) in [5.41, 5.74) is 2.76. The average Bonchev–Trinajstić information content (AvgIpc) is 2.14. The first-order valence-electron chi connectivity index (χ1n) is 2.79. The standard InChI is InChI=1S/C7H9S/c1-3-7-5-8-4-6(7)2/h4H,3H2,1-2H3. The SMILES string of the molecule is CCc1[c]scc1C. The molecule has 8 heavy (non-hydrogen) atoms. The fraction of sp³-hybridized carbons (Fsp3) is 0.429. The molecule has 0 aromatic carbocycles. The van der Waals surface area contributed by atoms with Crippen LogP contribution in [0.2, 0.25) is 0 Å². The molecule has 1 rings (SSSR count). The Balaban J connectivity index is 2.92. The summed E-state index contributed by atoms with van der Waals surface area (Å²) in [5, 5.41) is 5.33. The minimum atomic E-state index is 1.12. The van der Waals surface area contributed by atoms with Crippen LogP contribution < -0.4 is 0 Å². The molecular weight excluding hydrogens is 116 g/mol. The van der Waals surface area contributed by atoms with Crippen LogP contribution in [0.5, 0.6) is 0 Å². The Kier molecular flexibility index (Phi) is 1.69. The molecule has 1 aromatic rings. The maximum atomic E-state index is 3.20. The van der Waals surface area contributed by atoms with E-state index in [0.717, 1.165) is 6.42 Å². The van der Waals surface area contributed by atoms with E-state index >= 15 is 0 Å². The molecule has 43 valence electrons. The van der Waals surface area contributed by atoms with Gasteiger partial charge < -0.3 is 0 Å². The topological polar surface area (TPSA) is 0 Å². The third kappa shape index (κ3) is 0.920. The highest BCUT2D eigenvalue weighted by molar-refractivity contribution is 7.07. The summed E-state index contributed by atoms with van der Waals surface area (Å²) in [7, 11) is 0. The summed E-state index contributed by atoms with van der Waals surface area (Å²) in [5.74, 6) is 0. The van der Waals surface area contributed by atoms with Crippen LogP contribution in [0.1, 0.15) is 18.1 Å². The third-order valence-electron chi connectivity index (χ3n) is 1.25. The van der Waals surface area contributed by atoms with E-state index in [4.69, 9.17) is 0 Å². The summed E-state index contributed by atoms with van der Waals surface area (Å²) < 4.78 is 0. The van der Waals surface area contributed by atoms with Crippen molar-refractivity contribution in [2.75, 3.05) is 0 Å². The van der Waals surface area contributed by atoms with E-state index in [9.17, 15) is 0 Å². The lowest BCUT2D eigenvalue weighted by Gasteiger charge is -1.87. The van der Waals surface area contributed by atoms with Crippen molar-refractivity contribution in [1.29, 1.82) is 0 Å². The van der Waals surface area contributed by atoms with Crippen molar-refractivity contribution in [3.63, 3.8) is 0 Å². The highest BCUT2D eigenvalue weighted by atomic mass is 32.1. The van der Waals surface area contributed by atoms with Gasteiger partial charge in [0, 0.05) is 5.38 Å². The molecule has 0 amide bonds. The summed E-state index contributed by atoms with van der Waals surface area (Å²) in [4.78, 5) is 0. The second-order valence-electron chi connectivity index (χ2n) is 1.85. The number of hydrogen-bond acceptors (Lipinski definition) is 1. The molecule has 1 heterocycles. The molecule has 0 spiro atoms. The second kappa shape index (κ2) is 2.31. The Labute approximate surface area is 54.2 Å². The van der Waals surface area contributed by atoms with E-state index in [2.05, 4.69) is 24.6 Å². The fourth-order valence-corrected chi connectivity index (χ4v) is 1.52. The minimum Gasteiger partial charge on any atom is -0.142 e. The first kappa shape index (κ1) is 5.83. The number of rotatable bonds is 1. The summed E-state index contributed by atoms with van der Waals surface area (Å²) >= 11 is 1.67. The molecule has 1 heteroatoms. The van der Waals surface area contributed by atoms with Crippen LogP contribution in [-0.2, 0) is 6.42 Å². The molecule has 0 fully saturated rings. The minimum absolute atomic E-state index is 1.12. The van der Waals surface area contributed by atoms with E-state index in [1.54, 1.807) is 11.3 Å². The van der Waals surface area contributed by atoms with Gasteiger partial charge >= 0.3 is 0 Å². The highest BCUT2D eigenvalue weighted by Crippen LogP contribution is 2.12. The summed E-state index contributed by atoms with van der Waals surface area (Å²) in [6, 6.07) is 0. The highest BCUT2D eigenvalue weighted by Gasteiger charge is 1.93. The zero-order valence-corrected chi connectivity index (χ0v) is 6.01. The first-order chi connectivity index (χ1) is 3.84. The van der Waals surface area contributed by atoms with Crippen molar-refractivity contribution in [2.45, 2.75) is 20.3 Å². The molecule has 0 aliphatic heterocycles. The maximum absolute atomic E-state index is 3.20. The molecule has 0 bridgehead atoms. The van der Waals surface area contributed by atoms with E-state index in [1.807, 2.05) is 0 Å². The van der Waals surface area contributed by atoms with Gasteiger partial charge in [-0.3, -0.25) is 0 Å². The van der Waals surface area contributed by atoms with Gasteiger partial charge in [0.25, 0.3) is 0 Å². The molecule has 0 N–H and O–H groups in total. The molecule has 0 aliphatic rings. The van der Waals surface area contributed by atoms with E-state index in [0.29, 0.717) is 0 Å². The van der Waals surface area contributed by atoms with E-state index in [1.165, 1.54) is 11.1 Å². The monoisotopic (exact) mass is 125 g/mol. The van der Waals surface area contributed by atoms with Crippen LogP contribution in [0, 0.1) is 12.3 Å². The number of aryl methyl sites for hydroxylation is 2. The van der Waals surface area contributed by atoms with E-state index < -0.39 is 0 Å². The third-order valence-corrected chi connectivity index (χ3v) is 2.08. The molecular formula is C7H9S. The summed E-state index contributed by atoms with van der Waals surface area (Å²) in [6.45, 7) is 4.29. The molecule has 0 saturated heterocycles. The van der Waals surface area contributed by atoms with Crippen LogP contribution >= 0.6 is 11.3 Å². The quantitative estimate of drug-likeness (QED) is 0.540. The van der Waals surface area contributed by atoms with Crippen LogP contribution in [0.25, 0.3) is 0 Å². The van der Waals surface area contributed by atoms with Crippen molar-refractivity contribution in [1.82, 2.24) is 0 Å². The van der Waals surface area contributed by atoms with Crippen LogP contribution in [0.15, 0.2) is 5.38 Å². The van der Waals surface area contributed by atoms with Gasteiger partial charge in [-0.1, -0.05) is 6.92 Å². The van der Waals surface area contributed by atoms with Gasteiger partial charge in [-0.05, 0) is 29.9 Å². The zero-order chi connectivity index (χ0) is 5.98. The average molecular weight is 125 g/mol. The van der Waals surface area contributed by atoms with Crippen LogP contribution in [-0.4, -0.2) is 0 Å². The number of thiophene rings is 1. The smallest absolute Gasteiger partial charge is 0.0480 e. The lowest BCUT2D eigenvalue weighted by Crippen LogP contribution is -1.75. The van der Waals surface area contributed by atoms with Gasteiger partial charge in [0.05, 0.1) is 0 Å². The van der Waals surface area contributed by atoms with Crippen molar-refractivity contribution < 1.29 is 0 Å². The van der Waals surface area contributed by atoms with Crippen LogP contribution in [0.3, 0.4) is 0 Å². The van der Waals surface area contributed by atoms with Gasteiger partial charge in [-0.15, -0.1) is 11.3 Å². The molecule has 1 radical (unpaired) electrons. The van der Waals surface area contributed by atoms with Crippen LogP contribution in [0.4, 0.5) is 0 Å². The van der Waals surface area contributed by atoms with Gasteiger partial charge in [0.15, 0.2) is 0 Å². The molecule has 0 saturated carbocycles. The Morgan fingerprint density at radius 1 is 1.75 bits per heavy atom. The molecule has 0 aliphatic carbocycles. The van der Waals surface area contributed by atoms with E-state index in [-0.39, 0.29) is 0 Å². The lowest BCUT2D eigenvalue weighted by atomic mass is 10.2. The first-order valence-corrected chi connectivity index (χ1v) is 3.67. The van der Waals surface area contributed by atoms with Gasteiger partial charge in [-0.2, -0.15) is 0 Å². The Morgan fingerprint density at radius 3 is 2.75 bits per heavy atom. The maximum Gasteiger partial charge on any atom is 0.0480 e. The van der Waals surface area contributed by atoms with Gasteiger partial charge in [0.1, 0.15) is 0 Å². The Bertz CT molecular complexity index is 165. The largest absolute Gasteiger partial charge is 0.142 e. The predicted molar refractivity (Wildman–Crippen MR) is 37.3 cm³/mol. The van der Waals surface area contributed by atoms with Crippen molar-refractivity contribution in [3.8, 4) is 0 Å². The summed E-state index contributed by atoms with van der Waals surface area (Å²) in [6.07, 6.45) is 1.12. The number of hydrogen-bond donors (Lipinski definition) is 0. The van der Waals surface area contributed by atoms with Gasteiger partial charge in [-0.25, -0.2) is 0 Å². The second-order valence-corrected chi connectivity index (χ2v) is 2.53. The van der Waals surface area contributed by atoms with Crippen molar-refractivity contribution in [2.24, 2.45) is 0 Å². The lowest BCUT2D eigenvalue weighted by molar-refractivity contribution is 1.13. The molecule has 0 atom stereocenters. The molecule has 1 aromatic heterocycles. The van der Waals surface area contributed by atoms with Gasteiger partial charge in [0.2, 0.25) is 0 Å².